The van der Waals surface area contributed by atoms with E-state index in [9.17, 15) is 14.4 Å². The minimum atomic E-state index is -0.453. The topological polar surface area (TPSA) is 102 Å². The maximum Gasteiger partial charge on any atom is 0.276 e. The minimum absolute atomic E-state index is 0.114. The number of rotatable bonds is 5. The zero-order valence-electron chi connectivity index (χ0n) is 15.3. The van der Waals surface area contributed by atoms with Crippen LogP contribution < -0.4 is 20.9 Å². The molecule has 2 amide bonds. The van der Waals surface area contributed by atoms with Gasteiger partial charge in [0, 0.05) is 30.1 Å². The molecular weight excluding hydrogens is 360 g/mol. The van der Waals surface area contributed by atoms with Crippen molar-refractivity contribution in [2.45, 2.75) is 0 Å². The number of hydrogen-bond acceptors (Lipinski definition) is 5. The molecule has 0 radical (unpaired) electrons. The maximum atomic E-state index is 12.3. The van der Waals surface area contributed by atoms with Crippen LogP contribution in [0.2, 0.25) is 0 Å². The Morgan fingerprint density at radius 2 is 1.43 bits per heavy atom. The van der Waals surface area contributed by atoms with Gasteiger partial charge in [-0.25, -0.2) is 4.68 Å². The van der Waals surface area contributed by atoms with Crippen molar-refractivity contribution >= 4 is 23.2 Å². The summed E-state index contributed by atoms with van der Waals surface area (Å²) in [6, 6.07) is 16.0. The molecule has 1 aromatic heterocycles. The van der Waals surface area contributed by atoms with Crippen LogP contribution in [0.15, 0.2) is 65.5 Å². The van der Waals surface area contributed by atoms with Gasteiger partial charge in [0.15, 0.2) is 0 Å². The summed E-state index contributed by atoms with van der Waals surface area (Å²) in [7, 11) is 3.04. The predicted octanol–water partition coefficient (Wildman–Crippen LogP) is 2.29. The van der Waals surface area contributed by atoms with Gasteiger partial charge < -0.3 is 15.4 Å². The van der Waals surface area contributed by atoms with E-state index in [0.29, 0.717) is 22.7 Å². The quantitative estimate of drug-likeness (QED) is 0.709. The lowest BCUT2D eigenvalue weighted by molar-refractivity contribution is 0.101. The highest BCUT2D eigenvalue weighted by Gasteiger charge is 2.10. The third-order valence-corrected chi connectivity index (χ3v) is 3.95. The molecule has 1 heterocycles. The second-order valence-corrected chi connectivity index (χ2v) is 5.89. The number of nitrogens with one attached hydrogen (secondary N) is 2. The van der Waals surface area contributed by atoms with Gasteiger partial charge in [-0.3, -0.25) is 14.4 Å². The largest absolute Gasteiger partial charge is 0.497 e. The standard InChI is InChI=1S/C20H18N4O4/c1-24-18(25)12-11-17(23-24)20(27)22-14-5-3-13(4-6-14)19(26)21-15-7-9-16(28-2)10-8-15/h3-12H,1-2H3,(H,21,26)(H,22,27). The molecule has 0 aliphatic carbocycles. The summed E-state index contributed by atoms with van der Waals surface area (Å²) in [6.07, 6.45) is 0. The van der Waals surface area contributed by atoms with Gasteiger partial charge in [-0.15, -0.1) is 0 Å². The summed E-state index contributed by atoms with van der Waals surface area (Å²) in [5, 5.41) is 9.35. The van der Waals surface area contributed by atoms with E-state index in [0.717, 1.165) is 4.68 Å². The molecule has 28 heavy (non-hydrogen) atoms. The lowest BCUT2D eigenvalue weighted by atomic mass is 10.2. The average molecular weight is 378 g/mol. The summed E-state index contributed by atoms with van der Waals surface area (Å²) < 4.78 is 6.16. The van der Waals surface area contributed by atoms with Crippen molar-refractivity contribution in [3.63, 3.8) is 0 Å². The van der Waals surface area contributed by atoms with Crippen molar-refractivity contribution in [3.8, 4) is 5.75 Å². The highest BCUT2D eigenvalue weighted by Crippen LogP contribution is 2.17. The first-order valence-electron chi connectivity index (χ1n) is 8.37. The molecule has 0 aliphatic heterocycles. The van der Waals surface area contributed by atoms with Crippen LogP contribution in [0.25, 0.3) is 0 Å². The van der Waals surface area contributed by atoms with Crippen LogP contribution in [0, 0.1) is 0 Å². The van der Waals surface area contributed by atoms with Crippen LogP contribution in [0.4, 0.5) is 11.4 Å². The van der Waals surface area contributed by atoms with Crippen LogP contribution in [0.1, 0.15) is 20.8 Å². The van der Waals surface area contributed by atoms with Crippen molar-refractivity contribution in [1.29, 1.82) is 0 Å². The molecule has 0 aliphatic rings. The molecule has 0 saturated carbocycles. The van der Waals surface area contributed by atoms with Crippen LogP contribution >= 0.6 is 0 Å². The van der Waals surface area contributed by atoms with Gasteiger partial charge in [0.1, 0.15) is 11.4 Å². The Balaban J connectivity index is 1.65. The fourth-order valence-corrected chi connectivity index (χ4v) is 2.40. The first-order valence-corrected chi connectivity index (χ1v) is 8.37. The van der Waals surface area contributed by atoms with E-state index in [-0.39, 0.29) is 17.2 Å². The van der Waals surface area contributed by atoms with E-state index in [1.807, 2.05) is 0 Å². The third kappa shape index (κ3) is 4.42. The first kappa shape index (κ1) is 18.8. The number of amides is 2. The second kappa shape index (κ2) is 8.17. The SMILES string of the molecule is COc1ccc(NC(=O)c2ccc(NC(=O)c3ccc(=O)n(C)n3)cc2)cc1. The van der Waals surface area contributed by atoms with Gasteiger partial charge in [0.05, 0.1) is 7.11 Å². The number of anilines is 2. The predicted molar refractivity (Wildman–Crippen MR) is 105 cm³/mol. The number of methoxy groups -OCH3 is 1. The van der Waals surface area contributed by atoms with Gasteiger partial charge in [-0.05, 0) is 54.6 Å². The van der Waals surface area contributed by atoms with Crippen LogP contribution in [0.5, 0.6) is 5.75 Å². The first-order chi connectivity index (χ1) is 13.5. The molecule has 0 unspecified atom stereocenters. The molecule has 3 rings (SSSR count). The van der Waals surface area contributed by atoms with E-state index < -0.39 is 5.91 Å². The zero-order chi connectivity index (χ0) is 20.1. The van der Waals surface area contributed by atoms with E-state index >= 15 is 0 Å². The Kier molecular flexibility index (Phi) is 5.50. The number of nitrogens with zero attached hydrogens (tertiary/aromatic N) is 2. The summed E-state index contributed by atoms with van der Waals surface area (Å²) >= 11 is 0. The van der Waals surface area contributed by atoms with E-state index in [2.05, 4.69) is 15.7 Å². The van der Waals surface area contributed by atoms with Gasteiger partial charge in [-0.2, -0.15) is 5.10 Å². The molecule has 8 heteroatoms. The molecule has 8 nitrogen and oxygen atoms in total. The Hall–Kier alpha value is -3.94. The van der Waals surface area contributed by atoms with Crippen molar-refractivity contribution in [2.24, 2.45) is 7.05 Å². The lowest BCUT2D eigenvalue weighted by Crippen LogP contribution is -2.23. The molecule has 3 aromatic rings. The van der Waals surface area contributed by atoms with Crippen molar-refractivity contribution in [2.75, 3.05) is 17.7 Å². The normalized spacial score (nSPS) is 10.2. The van der Waals surface area contributed by atoms with Gasteiger partial charge in [-0.1, -0.05) is 0 Å². The maximum absolute atomic E-state index is 12.3. The van der Waals surface area contributed by atoms with E-state index in [1.54, 1.807) is 55.6 Å². The number of ether oxygens (including phenoxy) is 1. The third-order valence-electron chi connectivity index (χ3n) is 3.95. The molecule has 142 valence electrons. The molecular formula is C20H18N4O4. The molecule has 0 bridgehead atoms. The Bertz CT molecular complexity index is 1060. The summed E-state index contributed by atoms with van der Waals surface area (Å²) in [5.74, 6) is -0.0279. The Morgan fingerprint density at radius 3 is 2.00 bits per heavy atom. The zero-order valence-corrected chi connectivity index (χ0v) is 15.3. The number of benzene rings is 2. The second-order valence-electron chi connectivity index (χ2n) is 5.89. The molecule has 0 saturated heterocycles. The monoisotopic (exact) mass is 378 g/mol. The van der Waals surface area contributed by atoms with Gasteiger partial charge in [0.25, 0.3) is 17.4 Å². The lowest BCUT2D eigenvalue weighted by Gasteiger charge is -2.08. The summed E-state index contributed by atoms with van der Waals surface area (Å²) in [4.78, 5) is 35.9. The fourth-order valence-electron chi connectivity index (χ4n) is 2.40. The van der Waals surface area contributed by atoms with Crippen molar-refractivity contribution in [3.05, 3.63) is 82.3 Å². The molecule has 2 aromatic carbocycles. The smallest absolute Gasteiger partial charge is 0.276 e. The van der Waals surface area contributed by atoms with Crippen LogP contribution in [0.3, 0.4) is 0 Å². The number of aromatic nitrogens is 2. The highest BCUT2D eigenvalue weighted by molar-refractivity contribution is 6.05. The van der Waals surface area contributed by atoms with Crippen molar-refractivity contribution in [1.82, 2.24) is 9.78 Å². The van der Waals surface area contributed by atoms with Crippen LogP contribution in [-0.4, -0.2) is 28.7 Å². The Labute approximate surface area is 160 Å². The fraction of sp³-hybridized carbons (Fsp3) is 0.100. The number of hydrogen-bond donors (Lipinski definition) is 2. The Morgan fingerprint density at radius 1 is 0.857 bits per heavy atom. The number of aryl methyl sites for hydroxylation is 1. The summed E-state index contributed by atoms with van der Waals surface area (Å²) in [5.41, 5.74) is 1.40. The number of carbonyl (C=O) groups excluding carboxylic acids is 2. The highest BCUT2D eigenvalue weighted by atomic mass is 16.5. The minimum Gasteiger partial charge on any atom is -0.497 e. The van der Waals surface area contributed by atoms with E-state index in [4.69, 9.17) is 4.74 Å². The average Bonchev–Trinajstić information content (AvgIpc) is 2.71. The summed E-state index contributed by atoms with van der Waals surface area (Å²) in [6.45, 7) is 0. The van der Waals surface area contributed by atoms with E-state index in [1.165, 1.54) is 19.2 Å². The van der Waals surface area contributed by atoms with Gasteiger partial charge >= 0.3 is 0 Å². The van der Waals surface area contributed by atoms with Gasteiger partial charge in [0.2, 0.25) is 0 Å². The molecule has 2 N–H and O–H groups in total. The molecule has 0 fully saturated rings. The number of carbonyl (C=O) groups is 2. The molecule has 0 spiro atoms. The van der Waals surface area contributed by atoms with Crippen molar-refractivity contribution < 1.29 is 14.3 Å². The van der Waals surface area contributed by atoms with Crippen LogP contribution in [-0.2, 0) is 7.05 Å². The molecule has 0 atom stereocenters.